The average Bonchev–Trinajstić information content (AvgIpc) is 3.12. The molecule has 0 radical (unpaired) electrons. The van der Waals surface area contributed by atoms with Gasteiger partial charge in [0.1, 0.15) is 11.6 Å². The Morgan fingerprint density at radius 3 is 3.04 bits per heavy atom. The minimum atomic E-state index is -0.0736. The molecule has 0 saturated carbocycles. The van der Waals surface area contributed by atoms with Crippen LogP contribution in [0, 0.1) is 6.92 Å². The summed E-state index contributed by atoms with van der Waals surface area (Å²) in [5.74, 6) is 1.76. The van der Waals surface area contributed by atoms with Crippen LogP contribution in [0.2, 0.25) is 0 Å². The number of rotatable bonds is 4. The third-order valence-electron chi connectivity index (χ3n) is 4.83. The monoisotopic (exact) mass is 342 g/mol. The normalized spacial score (nSPS) is 17.4. The number of carbonyl (C=O) groups excluding carboxylic acids is 1. The van der Waals surface area contributed by atoms with Crippen LogP contribution in [0.1, 0.15) is 37.2 Å². The first kappa shape index (κ1) is 17.3. The molecule has 25 heavy (non-hydrogen) atoms. The fourth-order valence-corrected chi connectivity index (χ4v) is 3.47. The number of ether oxygens (including phenoxy) is 1. The summed E-state index contributed by atoms with van der Waals surface area (Å²) in [6.45, 7) is 5.54. The van der Waals surface area contributed by atoms with E-state index in [9.17, 15) is 4.79 Å². The predicted molar refractivity (Wildman–Crippen MR) is 98.2 cm³/mol. The zero-order chi connectivity index (χ0) is 17.8. The molecule has 1 aromatic heterocycles. The largest absolute Gasteiger partial charge is 0.495 e. The van der Waals surface area contributed by atoms with Gasteiger partial charge in [-0.05, 0) is 31.4 Å². The van der Waals surface area contributed by atoms with Gasteiger partial charge in [0.05, 0.1) is 18.8 Å². The molecule has 3 rings (SSSR count). The number of nitrogens with one attached hydrogen (secondary N) is 1. The van der Waals surface area contributed by atoms with Crippen molar-refractivity contribution in [1.82, 2.24) is 14.5 Å². The number of aryl methyl sites for hydroxylation is 2. The maximum absolute atomic E-state index is 12.8. The number of hydrogen-bond acceptors (Lipinski definition) is 3. The molecule has 1 saturated heterocycles. The number of aromatic nitrogens is 2. The minimum absolute atomic E-state index is 0.0736. The van der Waals surface area contributed by atoms with Crippen molar-refractivity contribution in [3.8, 4) is 5.75 Å². The highest BCUT2D eigenvalue weighted by Gasteiger charge is 2.26. The van der Waals surface area contributed by atoms with Crippen LogP contribution in [0.3, 0.4) is 0 Å². The molecular formula is C19H26N4O2. The molecule has 6 nitrogen and oxygen atoms in total. The summed E-state index contributed by atoms with van der Waals surface area (Å²) >= 11 is 0. The molecule has 0 spiro atoms. The first-order valence-corrected chi connectivity index (χ1v) is 8.85. The van der Waals surface area contributed by atoms with E-state index in [1.165, 1.54) is 0 Å². The average molecular weight is 342 g/mol. The van der Waals surface area contributed by atoms with Crippen LogP contribution >= 0.6 is 0 Å². The highest BCUT2D eigenvalue weighted by Crippen LogP contribution is 2.29. The van der Waals surface area contributed by atoms with Gasteiger partial charge in [0.2, 0.25) is 0 Å². The number of para-hydroxylation sites is 1. The summed E-state index contributed by atoms with van der Waals surface area (Å²) in [5.41, 5.74) is 1.73. The molecule has 134 valence electrons. The second-order valence-corrected chi connectivity index (χ2v) is 6.43. The Morgan fingerprint density at radius 2 is 2.28 bits per heavy atom. The molecule has 1 atom stereocenters. The number of urea groups is 1. The number of methoxy groups -OCH3 is 1. The molecule has 2 aromatic rings. The van der Waals surface area contributed by atoms with Gasteiger partial charge in [0.15, 0.2) is 0 Å². The van der Waals surface area contributed by atoms with E-state index in [0.717, 1.165) is 42.9 Å². The van der Waals surface area contributed by atoms with Gasteiger partial charge in [0, 0.05) is 31.9 Å². The Morgan fingerprint density at radius 1 is 1.44 bits per heavy atom. The van der Waals surface area contributed by atoms with E-state index < -0.39 is 0 Å². The lowest BCUT2D eigenvalue weighted by Gasteiger charge is -2.34. The Hall–Kier alpha value is -2.50. The van der Waals surface area contributed by atoms with E-state index in [1.54, 1.807) is 7.11 Å². The third kappa shape index (κ3) is 3.62. The predicted octanol–water partition coefficient (Wildman–Crippen LogP) is 3.63. The summed E-state index contributed by atoms with van der Waals surface area (Å²) in [4.78, 5) is 19.1. The molecule has 6 heteroatoms. The number of nitrogens with zero attached hydrogens (tertiary/aromatic N) is 3. The summed E-state index contributed by atoms with van der Waals surface area (Å²) in [7, 11) is 1.62. The molecule has 1 aliphatic heterocycles. The van der Waals surface area contributed by atoms with E-state index in [1.807, 2.05) is 42.4 Å². The Kier molecular flexibility index (Phi) is 5.26. The molecule has 0 aliphatic carbocycles. The van der Waals surface area contributed by atoms with Crippen molar-refractivity contribution >= 4 is 11.7 Å². The fourth-order valence-electron chi connectivity index (χ4n) is 3.47. The van der Waals surface area contributed by atoms with Gasteiger partial charge < -0.3 is 19.5 Å². The Balaban J connectivity index is 1.73. The molecule has 2 heterocycles. The number of anilines is 1. The number of carbonyl (C=O) groups is 1. The second-order valence-electron chi connectivity index (χ2n) is 6.43. The summed E-state index contributed by atoms with van der Waals surface area (Å²) < 4.78 is 7.60. The van der Waals surface area contributed by atoms with Crippen LogP contribution < -0.4 is 10.1 Å². The SMILES string of the molecule is CCc1nccn1[C@@H]1CCCN(C(=O)Nc2c(C)cccc2OC)C1. The van der Waals surface area contributed by atoms with Crippen LogP contribution in [-0.4, -0.2) is 40.7 Å². The van der Waals surface area contributed by atoms with Crippen molar-refractivity contribution in [3.63, 3.8) is 0 Å². The van der Waals surface area contributed by atoms with Crippen LogP contribution in [-0.2, 0) is 6.42 Å². The van der Waals surface area contributed by atoms with Crippen molar-refractivity contribution in [2.45, 2.75) is 39.2 Å². The van der Waals surface area contributed by atoms with Gasteiger partial charge in [-0.15, -0.1) is 0 Å². The van der Waals surface area contributed by atoms with Crippen LogP contribution in [0.25, 0.3) is 0 Å². The zero-order valence-electron chi connectivity index (χ0n) is 15.2. The van der Waals surface area contributed by atoms with E-state index in [-0.39, 0.29) is 12.1 Å². The van der Waals surface area contributed by atoms with Crippen molar-refractivity contribution < 1.29 is 9.53 Å². The van der Waals surface area contributed by atoms with Crippen LogP contribution in [0.5, 0.6) is 5.75 Å². The van der Waals surface area contributed by atoms with Gasteiger partial charge in [-0.25, -0.2) is 9.78 Å². The number of benzene rings is 1. The van der Waals surface area contributed by atoms with E-state index in [2.05, 4.69) is 21.8 Å². The standard InChI is InChI=1S/C19H26N4O2/c1-4-17-20-10-12-23(17)15-8-6-11-22(13-15)19(24)21-18-14(2)7-5-9-16(18)25-3/h5,7,9-10,12,15H,4,6,8,11,13H2,1-3H3,(H,21,24)/t15-/m1/s1. The number of likely N-dealkylation sites (tertiary alicyclic amines) is 1. The second kappa shape index (κ2) is 7.59. The Labute approximate surface area is 148 Å². The van der Waals surface area contributed by atoms with Gasteiger partial charge in [-0.2, -0.15) is 0 Å². The van der Waals surface area contributed by atoms with Gasteiger partial charge in [-0.3, -0.25) is 0 Å². The first-order chi connectivity index (χ1) is 12.1. The molecule has 0 bridgehead atoms. The van der Waals surface area contributed by atoms with Gasteiger partial charge in [0.25, 0.3) is 0 Å². The molecule has 1 aliphatic rings. The van der Waals surface area contributed by atoms with Crippen molar-refractivity contribution in [1.29, 1.82) is 0 Å². The molecule has 1 aromatic carbocycles. The highest BCUT2D eigenvalue weighted by atomic mass is 16.5. The van der Waals surface area contributed by atoms with Crippen LogP contribution in [0.15, 0.2) is 30.6 Å². The van der Waals surface area contributed by atoms with Crippen molar-refractivity contribution in [3.05, 3.63) is 42.0 Å². The molecular weight excluding hydrogens is 316 g/mol. The first-order valence-electron chi connectivity index (χ1n) is 8.85. The molecule has 2 amide bonds. The van der Waals surface area contributed by atoms with Gasteiger partial charge in [-0.1, -0.05) is 19.1 Å². The highest BCUT2D eigenvalue weighted by molar-refractivity contribution is 5.92. The van der Waals surface area contributed by atoms with E-state index in [0.29, 0.717) is 12.3 Å². The maximum Gasteiger partial charge on any atom is 0.322 e. The quantitative estimate of drug-likeness (QED) is 0.923. The van der Waals surface area contributed by atoms with Crippen LogP contribution in [0.4, 0.5) is 10.5 Å². The lowest BCUT2D eigenvalue weighted by molar-refractivity contribution is 0.178. The van der Waals surface area contributed by atoms with Crippen molar-refractivity contribution in [2.24, 2.45) is 0 Å². The van der Waals surface area contributed by atoms with E-state index >= 15 is 0 Å². The topological polar surface area (TPSA) is 59.4 Å². The van der Waals surface area contributed by atoms with E-state index in [4.69, 9.17) is 4.74 Å². The van der Waals surface area contributed by atoms with Crippen molar-refractivity contribution in [2.75, 3.05) is 25.5 Å². The zero-order valence-corrected chi connectivity index (χ0v) is 15.2. The number of hydrogen-bond donors (Lipinski definition) is 1. The molecule has 1 N–H and O–H groups in total. The summed E-state index contributed by atoms with van der Waals surface area (Å²) in [6.07, 6.45) is 6.83. The maximum atomic E-state index is 12.8. The van der Waals surface area contributed by atoms with Gasteiger partial charge >= 0.3 is 6.03 Å². The molecule has 0 unspecified atom stereocenters. The molecule has 1 fully saturated rings. The lowest BCUT2D eigenvalue weighted by atomic mass is 10.1. The fraction of sp³-hybridized carbons (Fsp3) is 0.474. The summed E-state index contributed by atoms with van der Waals surface area (Å²) in [6, 6.07) is 5.97. The number of amides is 2. The number of piperidine rings is 1. The number of imidazole rings is 1. The minimum Gasteiger partial charge on any atom is -0.495 e. The smallest absolute Gasteiger partial charge is 0.322 e. The summed E-state index contributed by atoms with van der Waals surface area (Å²) in [5, 5.41) is 3.03. The lowest BCUT2D eigenvalue weighted by Crippen LogP contribution is -2.43. The third-order valence-corrected chi connectivity index (χ3v) is 4.83. The Bertz CT molecular complexity index is 741.